The number of carbonyl (C=O) groups excluding carboxylic acids is 1. The Bertz CT molecular complexity index is 975. The molecule has 190 valence electrons. The van der Waals surface area contributed by atoms with Gasteiger partial charge in [-0.05, 0) is 43.1 Å². The van der Waals surface area contributed by atoms with Crippen LogP contribution in [-0.4, -0.2) is 57.2 Å². The van der Waals surface area contributed by atoms with E-state index in [-0.39, 0.29) is 24.0 Å². The molecule has 3 atom stereocenters. The largest absolute Gasteiger partial charge is 0.395 e. The molecule has 2 aromatic rings. The number of hydrogen-bond acceptors (Lipinski definition) is 6. The average Bonchev–Trinajstić information content (AvgIpc) is 3.35. The molecule has 4 rings (SSSR count). The van der Waals surface area contributed by atoms with Crippen LogP contribution in [0.2, 0.25) is 5.04 Å². The summed E-state index contributed by atoms with van der Waals surface area (Å²) in [6, 6.07) is 20.6. The van der Waals surface area contributed by atoms with Crippen molar-refractivity contribution in [3.05, 3.63) is 60.7 Å². The van der Waals surface area contributed by atoms with Crippen LogP contribution in [0.5, 0.6) is 0 Å². The number of hydrogen-bond donors (Lipinski definition) is 0. The predicted molar refractivity (Wildman–Crippen MR) is 137 cm³/mol. The molecule has 2 heterocycles. The summed E-state index contributed by atoms with van der Waals surface area (Å²) in [6.07, 6.45) is -2.18. The number of Topliss-reactive ketones (excluding diaryl/α,β-unsaturated/α-hetero) is 1. The minimum absolute atomic E-state index is 0.171. The highest BCUT2D eigenvalue weighted by molar-refractivity contribution is 6.99. The molecule has 0 N–H and O–H groups in total. The number of rotatable bonds is 7. The molecule has 35 heavy (non-hydrogen) atoms. The molecule has 0 aromatic heterocycles. The van der Waals surface area contributed by atoms with Crippen LogP contribution < -0.4 is 10.4 Å². The minimum atomic E-state index is -3.03. The molecule has 0 saturated carbocycles. The smallest absolute Gasteiger partial charge is 0.262 e. The van der Waals surface area contributed by atoms with Crippen LogP contribution in [0.1, 0.15) is 48.5 Å². The Kier molecular flexibility index (Phi) is 7.14. The van der Waals surface area contributed by atoms with Gasteiger partial charge >= 0.3 is 0 Å². The van der Waals surface area contributed by atoms with Gasteiger partial charge in [-0.3, -0.25) is 4.79 Å². The normalized spacial score (nSPS) is 24.9. The van der Waals surface area contributed by atoms with Crippen molar-refractivity contribution in [2.24, 2.45) is 0 Å². The van der Waals surface area contributed by atoms with Gasteiger partial charge in [-0.2, -0.15) is 0 Å². The molecular formula is C28H38O6Si. The van der Waals surface area contributed by atoms with Crippen molar-refractivity contribution in [1.29, 1.82) is 0 Å². The maximum absolute atomic E-state index is 14.1. The fourth-order valence-corrected chi connectivity index (χ4v) is 9.74. The lowest BCUT2D eigenvalue weighted by atomic mass is 10.1. The second-order valence-electron chi connectivity index (χ2n) is 11.3. The zero-order chi connectivity index (χ0) is 25.5. The fourth-order valence-electron chi connectivity index (χ4n) is 5.07. The lowest BCUT2D eigenvalue weighted by Crippen LogP contribution is -2.69. The molecule has 0 amide bonds. The fraction of sp³-hybridized carbons (Fsp3) is 0.536. The Morgan fingerprint density at radius 2 is 1.34 bits per heavy atom. The van der Waals surface area contributed by atoms with Crippen molar-refractivity contribution >= 4 is 24.5 Å². The molecule has 2 aliphatic rings. The van der Waals surface area contributed by atoms with Crippen LogP contribution in [0.25, 0.3) is 0 Å². The second kappa shape index (κ2) is 9.54. The molecular weight excluding hydrogens is 460 g/mol. The molecule has 0 bridgehead atoms. The van der Waals surface area contributed by atoms with E-state index < -0.39 is 38.2 Å². The van der Waals surface area contributed by atoms with Crippen LogP contribution in [-0.2, 0) is 28.2 Å². The number of ketones is 1. The number of ether oxygens (including phenoxy) is 4. The highest BCUT2D eigenvalue weighted by Crippen LogP contribution is 2.40. The van der Waals surface area contributed by atoms with E-state index in [2.05, 4.69) is 45.0 Å². The molecule has 0 radical (unpaired) electrons. The van der Waals surface area contributed by atoms with Gasteiger partial charge in [0.2, 0.25) is 0 Å². The predicted octanol–water partition coefficient (Wildman–Crippen LogP) is 3.80. The second-order valence-corrected chi connectivity index (χ2v) is 15.5. The van der Waals surface area contributed by atoms with Crippen LogP contribution in [0, 0.1) is 0 Å². The molecule has 0 unspecified atom stereocenters. The van der Waals surface area contributed by atoms with E-state index in [1.54, 1.807) is 0 Å². The third-order valence-corrected chi connectivity index (χ3v) is 11.7. The standard InChI is InChI=1S/C28H38O6Si/c1-26(2,3)35(20-14-10-8-11-15-20,21-16-12-9-13-17-21)34-25(23-19-31-28(6,7)33-23)24(29)22-18-30-27(4,5)32-22/h8-17,22-23,25H,18-19H2,1-7H3/t22-,23-,25-/m1/s1. The zero-order valence-corrected chi connectivity index (χ0v) is 22.9. The lowest BCUT2D eigenvalue weighted by Gasteiger charge is -2.45. The van der Waals surface area contributed by atoms with Gasteiger partial charge < -0.3 is 23.4 Å². The summed E-state index contributed by atoms with van der Waals surface area (Å²) < 4.78 is 31.1. The molecule has 0 spiro atoms. The Balaban J connectivity index is 1.84. The highest BCUT2D eigenvalue weighted by Gasteiger charge is 2.56. The SMILES string of the molecule is CC1(C)OC[C@H](C(=O)[C@H](O[Si](c2ccccc2)(c2ccccc2)C(C)(C)C)[C@H]2COC(C)(C)O2)O1. The van der Waals surface area contributed by atoms with Crippen LogP contribution in [0.4, 0.5) is 0 Å². The van der Waals surface area contributed by atoms with Crippen molar-refractivity contribution < 1.29 is 28.2 Å². The quantitative estimate of drug-likeness (QED) is 0.541. The molecule has 2 fully saturated rings. The van der Waals surface area contributed by atoms with Gasteiger partial charge in [-0.25, -0.2) is 0 Å². The van der Waals surface area contributed by atoms with Crippen molar-refractivity contribution in [3.8, 4) is 0 Å². The monoisotopic (exact) mass is 498 g/mol. The maximum atomic E-state index is 14.1. The molecule has 2 saturated heterocycles. The number of carbonyl (C=O) groups is 1. The molecule has 2 aliphatic heterocycles. The van der Waals surface area contributed by atoms with Crippen LogP contribution >= 0.6 is 0 Å². The molecule has 7 heteroatoms. The summed E-state index contributed by atoms with van der Waals surface area (Å²) in [5, 5.41) is 1.90. The highest BCUT2D eigenvalue weighted by atomic mass is 28.4. The van der Waals surface area contributed by atoms with Crippen LogP contribution in [0.3, 0.4) is 0 Å². The summed E-state index contributed by atoms with van der Waals surface area (Å²) >= 11 is 0. The lowest BCUT2D eigenvalue weighted by molar-refractivity contribution is -0.168. The summed E-state index contributed by atoms with van der Waals surface area (Å²) in [6.45, 7) is 14.4. The van der Waals surface area contributed by atoms with Gasteiger partial charge in [0.1, 0.15) is 18.3 Å². The molecule has 0 aliphatic carbocycles. The topological polar surface area (TPSA) is 63.2 Å². The van der Waals surface area contributed by atoms with E-state index in [1.165, 1.54) is 0 Å². The van der Waals surface area contributed by atoms with Gasteiger partial charge in [0.05, 0.1) is 13.2 Å². The Hall–Kier alpha value is -1.87. The van der Waals surface area contributed by atoms with Crippen molar-refractivity contribution in [3.63, 3.8) is 0 Å². The van der Waals surface area contributed by atoms with E-state index in [1.807, 2.05) is 64.1 Å². The van der Waals surface area contributed by atoms with Crippen LogP contribution in [0.15, 0.2) is 60.7 Å². The van der Waals surface area contributed by atoms with Gasteiger partial charge in [0.25, 0.3) is 8.32 Å². The summed E-state index contributed by atoms with van der Waals surface area (Å²) in [5.74, 6) is -1.80. The van der Waals surface area contributed by atoms with E-state index >= 15 is 0 Å². The first-order valence-electron chi connectivity index (χ1n) is 12.3. The molecule has 2 aromatic carbocycles. The van der Waals surface area contributed by atoms with Gasteiger partial charge in [-0.15, -0.1) is 0 Å². The Morgan fingerprint density at radius 3 is 1.74 bits per heavy atom. The van der Waals surface area contributed by atoms with E-state index in [4.69, 9.17) is 23.4 Å². The third-order valence-electron chi connectivity index (χ3n) is 6.69. The average molecular weight is 499 g/mol. The first-order chi connectivity index (χ1) is 16.3. The van der Waals surface area contributed by atoms with Crippen molar-refractivity contribution in [2.45, 2.75) is 83.4 Å². The van der Waals surface area contributed by atoms with Gasteiger partial charge in [-0.1, -0.05) is 81.4 Å². The first-order valence-corrected chi connectivity index (χ1v) is 14.2. The van der Waals surface area contributed by atoms with E-state index in [0.29, 0.717) is 0 Å². The first kappa shape index (κ1) is 26.2. The van der Waals surface area contributed by atoms with Crippen molar-refractivity contribution in [1.82, 2.24) is 0 Å². The summed E-state index contributed by atoms with van der Waals surface area (Å²) in [4.78, 5) is 14.1. The van der Waals surface area contributed by atoms with E-state index in [0.717, 1.165) is 10.4 Å². The zero-order valence-electron chi connectivity index (χ0n) is 21.9. The Labute approximate surface area is 210 Å². The Morgan fingerprint density at radius 1 is 0.857 bits per heavy atom. The number of benzene rings is 2. The summed E-state index contributed by atoms with van der Waals surface area (Å²) in [5.41, 5.74) is 0. The maximum Gasteiger partial charge on any atom is 0.262 e. The molecule has 6 nitrogen and oxygen atoms in total. The van der Waals surface area contributed by atoms with Crippen molar-refractivity contribution in [2.75, 3.05) is 13.2 Å². The third kappa shape index (κ3) is 5.31. The van der Waals surface area contributed by atoms with Gasteiger partial charge in [0.15, 0.2) is 17.4 Å². The minimum Gasteiger partial charge on any atom is -0.395 e. The summed E-state index contributed by atoms with van der Waals surface area (Å²) in [7, 11) is -3.03. The van der Waals surface area contributed by atoms with Gasteiger partial charge in [0, 0.05) is 0 Å². The van der Waals surface area contributed by atoms with E-state index in [9.17, 15) is 4.79 Å².